The molecule has 0 aliphatic rings. The van der Waals surface area contributed by atoms with E-state index in [1.54, 1.807) is 30.3 Å². The van der Waals surface area contributed by atoms with Crippen LogP contribution in [0.25, 0.3) is 21.7 Å². The Bertz CT molecular complexity index is 1600. The van der Waals surface area contributed by atoms with Crippen LogP contribution in [-0.2, 0) is 0 Å². The summed E-state index contributed by atoms with van der Waals surface area (Å²) < 4.78 is 25.7. The van der Waals surface area contributed by atoms with Crippen molar-refractivity contribution in [2.75, 3.05) is 12.4 Å². The van der Waals surface area contributed by atoms with Crippen molar-refractivity contribution < 1.29 is 23.8 Å². The van der Waals surface area contributed by atoms with Gasteiger partial charge in [-0.3, -0.25) is 9.78 Å². The maximum atomic E-state index is 14.7. The molecule has 0 aliphatic carbocycles. The van der Waals surface area contributed by atoms with Crippen LogP contribution in [0.2, 0.25) is 0 Å². The van der Waals surface area contributed by atoms with Crippen LogP contribution in [0.3, 0.4) is 0 Å². The second-order valence-corrected chi connectivity index (χ2v) is 8.09. The van der Waals surface area contributed by atoms with Crippen molar-refractivity contribution >= 4 is 33.3 Å². The van der Waals surface area contributed by atoms with Crippen molar-refractivity contribution in [2.45, 2.75) is 6.92 Å². The first kappa shape index (κ1) is 22.2. The summed E-state index contributed by atoms with van der Waals surface area (Å²) in [6.07, 6.45) is 1.06. The molecule has 1 amide bonds. The molecule has 2 N–H and O–H groups in total. The minimum absolute atomic E-state index is 0.0688. The lowest BCUT2D eigenvalue weighted by Crippen LogP contribution is -2.12. The van der Waals surface area contributed by atoms with Gasteiger partial charge in [-0.05, 0) is 65.7 Å². The molecule has 7 heteroatoms. The van der Waals surface area contributed by atoms with Crippen molar-refractivity contribution in [1.29, 1.82) is 0 Å². The smallest absolute Gasteiger partial charge is 0.256 e. The molecule has 0 atom stereocenters. The number of aryl methyl sites for hydroxylation is 1. The predicted octanol–water partition coefficient (Wildman–Crippen LogP) is 6.59. The normalized spacial score (nSPS) is 10.9. The average Bonchev–Trinajstić information content (AvgIpc) is 2.85. The summed E-state index contributed by atoms with van der Waals surface area (Å²) in [5, 5.41) is 14.9. The number of halogens is 1. The number of fused-ring (bicyclic) bond motifs is 2. The summed E-state index contributed by atoms with van der Waals surface area (Å²) in [7, 11) is 1.42. The number of benzene rings is 4. The molecule has 0 radical (unpaired) electrons. The number of ether oxygens (including phenoxy) is 2. The summed E-state index contributed by atoms with van der Waals surface area (Å²) in [6.45, 7) is 1.96. The van der Waals surface area contributed by atoms with Gasteiger partial charge in [0.25, 0.3) is 5.91 Å². The maximum absolute atomic E-state index is 14.7. The number of phenolic OH excluding ortho intramolecular Hbond substituents is 1. The summed E-state index contributed by atoms with van der Waals surface area (Å²) in [5.41, 5.74) is 2.68. The Balaban J connectivity index is 1.49. The minimum Gasteiger partial charge on any atom is -0.504 e. The molecule has 0 aliphatic heterocycles. The Labute approximate surface area is 200 Å². The van der Waals surface area contributed by atoms with Gasteiger partial charge < -0.3 is 19.9 Å². The van der Waals surface area contributed by atoms with Gasteiger partial charge in [-0.2, -0.15) is 0 Å². The molecule has 1 heterocycles. The fourth-order valence-electron chi connectivity index (χ4n) is 3.99. The first-order chi connectivity index (χ1) is 16.9. The Kier molecular flexibility index (Phi) is 5.66. The molecule has 0 bridgehead atoms. The Morgan fingerprint density at radius 2 is 1.83 bits per heavy atom. The summed E-state index contributed by atoms with van der Waals surface area (Å²) in [5.74, 6) is -0.528. The molecular weight excluding hydrogens is 447 g/mol. The highest BCUT2D eigenvalue weighted by molar-refractivity contribution is 6.13. The molecule has 0 fully saturated rings. The van der Waals surface area contributed by atoms with E-state index in [4.69, 9.17) is 9.47 Å². The number of amides is 1. The van der Waals surface area contributed by atoms with E-state index < -0.39 is 5.82 Å². The van der Waals surface area contributed by atoms with Crippen LogP contribution >= 0.6 is 0 Å². The number of nitrogens with one attached hydrogen (secondary N) is 1. The van der Waals surface area contributed by atoms with Gasteiger partial charge in [0.1, 0.15) is 5.75 Å². The molecule has 0 unspecified atom stereocenters. The van der Waals surface area contributed by atoms with Crippen LogP contribution in [0.5, 0.6) is 23.0 Å². The third-order valence-electron chi connectivity index (χ3n) is 5.67. The Hall–Kier alpha value is -4.65. The molecule has 5 aromatic rings. The molecule has 35 heavy (non-hydrogen) atoms. The van der Waals surface area contributed by atoms with Crippen LogP contribution in [0.1, 0.15) is 15.9 Å². The molecule has 0 saturated heterocycles. The van der Waals surface area contributed by atoms with Gasteiger partial charge in [-0.25, -0.2) is 4.39 Å². The standard InChI is InChI=1S/C28H21FN2O4/c1-16-5-3-7-18(11-16)31-28(33)21-8-4-6-17-12-19(9-10-20(17)21)35-27-22-13-25(32)26(34-2)14-24(22)30-15-23(27)29/h3-15,32H,1-2H3,(H,31,33). The second kappa shape index (κ2) is 8.95. The van der Waals surface area contributed by atoms with E-state index in [1.807, 2.05) is 37.3 Å². The zero-order chi connectivity index (χ0) is 24.5. The molecular formula is C28H21FN2O4. The number of hydrogen-bond acceptors (Lipinski definition) is 5. The number of carbonyl (C=O) groups excluding carboxylic acids is 1. The van der Waals surface area contributed by atoms with Gasteiger partial charge in [0.05, 0.1) is 18.8 Å². The van der Waals surface area contributed by atoms with Crippen LogP contribution in [0.4, 0.5) is 10.1 Å². The molecule has 4 aromatic carbocycles. The summed E-state index contributed by atoms with van der Waals surface area (Å²) in [4.78, 5) is 17.0. The highest BCUT2D eigenvalue weighted by Crippen LogP contribution is 2.38. The first-order valence-corrected chi connectivity index (χ1v) is 10.9. The second-order valence-electron chi connectivity index (χ2n) is 8.09. The third kappa shape index (κ3) is 4.31. The van der Waals surface area contributed by atoms with E-state index in [0.29, 0.717) is 27.9 Å². The lowest BCUT2D eigenvalue weighted by molar-refractivity contribution is 0.102. The number of anilines is 1. The number of nitrogens with zero attached hydrogens (tertiary/aromatic N) is 1. The van der Waals surface area contributed by atoms with E-state index in [-0.39, 0.29) is 23.2 Å². The van der Waals surface area contributed by atoms with E-state index in [2.05, 4.69) is 10.3 Å². The fraction of sp³-hybridized carbons (Fsp3) is 0.0714. The number of aromatic nitrogens is 1. The zero-order valence-electron chi connectivity index (χ0n) is 19.0. The van der Waals surface area contributed by atoms with Gasteiger partial charge in [0.15, 0.2) is 23.1 Å². The van der Waals surface area contributed by atoms with Gasteiger partial charge >= 0.3 is 0 Å². The van der Waals surface area contributed by atoms with Crippen LogP contribution in [-0.4, -0.2) is 23.1 Å². The number of carbonyl (C=O) groups is 1. The Morgan fingerprint density at radius 3 is 2.63 bits per heavy atom. The van der Waals surface area contributed by atoms with Crippen molar-refractivity contribution in [3.8, 4) is 23.0 Å². The predicted molar refractivity (Wildman–Crippen MR) is 133 cm³/mol. The summed E-state index contributed by atoms with van der Waals surface area (Å²) >= 11 is 0. The highest BCUT2D eigenvalue weighted by Gasteiger charge is 2.16. The summed E-state index contributed by atoms with van der Waals surface area (Å²) in [6, 6.07) is 21.0. The van der Waals surface area contributed by atoms with E-state index in [0.717, 1.165) is 22.5 Å². The highest BCUT2D eigenvalue weighted by atomic mass is 19.1. The first-order valence-electron chi connectivity index (χ1n) is 10.9. The van der Waals surface area contributed by atoms with E-state index >= 15 is 0 Å². The third-order valence-corrected chi connectivity index (χ3v) is 5.67. The monoisotopic (exact) mass is 468 g/mol. The molecule has 174 valence electrons. The van der Waals surface area contributed by atoms with E-state index in [9.17, 15) is 14.3 Å². The SMILES string of the molecule is COc1cc2ncc(F)c(Oc3ccc4c(C(=O)Nc5cccc(C)c5)cccc4c3)c2cc1O. The molecule has 1 aromatic heterocycles. The number of hydrogen-bond donors (Lipinski definition) is 2. The number of methoxy groups -OCH3 is 1. The van der Waals surface area contributed by atoms with Crippen molar-refractivity contribution in [3.63, 3.8) is 0 Å². The topological polar surface area (TPSA) is 80.7 Å². The lowest BCUT2D eigenvalue weighted by Gasteiger charge is -2.13. The van der Waals surface area contributed by atoms with Gasteiger partial charge in [-0.15, -0.1) is 0 Å². The fourth-order valence-corrected chi connectivity index (χ4v) is 3.99. The van der Waals surface area contributed by atoms with Crippen molar-refractivity contribution in [2.24, 2.45) is 0 Å². The zero-order valence-corrected chi connectivity index (χ0v) is 19.0. The van der Waals surface area contributed by atoms with Gasteiger partial charge in [0.2, 0.25) is 0 Å². The number of phenols is 1. The molecule has 6 nitrogen and oxygen atoms in total. The van der Waals surface area contributed by atoms with Gasteiger partial charge in [0, 0.05) is 22.7 Å². The average molecular weight is 468 g/mol. The molecule has 0 spiro atoms. The Morgan fingerprint density at radius 1 is 1.00 bits per heavy atom. The minimum atomic E-state index is -0.673. The quantitative estimate of drug-likeness (QED) is 0.304. The number of rotatable bonds is 5. The van der Waals surface area contributed by atoms with Crippen molar-refractivity contribution in [3.05, 3.63) is 95.9 Å². The van der Waals surface area contributed by atoms with Gasteiger partial charge in [-0.1, -0.05) is 24.3 Å². The van der Waals surface area contributed by atoms with Crippen molar-refractivity contribution in [1.82, 2.24) is 4.98 Å². The number of pyridine rings is 1. The maximum Gasteiger partial charge on any atom is 0.256 e. The lowest BCUT2D eigenvalue weighted by atomic mass is 10.0. The molecule has 5 rings (SSSR count). The largest absolute Gasteiger partial charge is 0.504 e. The number of aromatic hydroxyl groups is 1. The van der Waals surface area contributed by atoms with Crippen LogP contribution < -0.4 is 14.8 Å². The van der Waals surface area contributed by atoms with Crippen LogP contribution in [0, 0.1) is 12.7 Å². The van der Waals surface area contributed by atoms with E-state index in [1.165, 1.54) is 19.2 Å². The van der Waals surface area contributed by atoms with Crippen LogP contribution in [0.15, 0.2) is 79.0 Å². The molecule has 0 saturated carbocycles.